The topological polar surface area (TPSA) is 50.9 Å². The third kappa shape index (κ3) is 2.37. The van der Waals surface area contributed by atoms with E-state index >= 15 is 0 Å². The van der Waals surface area contributed by atoms with Crippen LogP contribution in [0.15, 0.2) is 41.9 Å². The van der Waals surface area contributed by atoms with Crippen LogP contribution in [-0.2, 0) is 0 Å². The van der Waals surface area contributed by atoms with Crippen LogP contribution >= 0.6 is 23.6 Å². The Bertz CT molecular complexity index is 793. The molecule has 0 aliphatic carbocycles. The first kappa shape index (κ1) is 13.0. The number of thiophene rings is 1. The Balaban J connectivity index is 2.02. The van der Waals surface area contributed by atoms with Gasteiger partial charge in [-0.1, -0.05) is 12.2 Å². The van der Waals surface area contributed by atoms with Crippen LogP contribution in [-0.4, -0.2) is 9.97 Å². The molecule has 100 valence electrons. The normalized spacial score (nSPS) is 10.7. The van der Waals surface area contributed by atoms with Crippen molar-refractivity contribution in [3.63, 3.8) is 0 Å². The second-order valence-corrected chi connectivity index (χ2v) is 5.90. The van der Waals surface area contributed by atoms with Gasteiger partial charge in [-0.2, -0.15) is 0 Å². The number of aromatic nitrogens is 1. The van der Waals surface area contributed by atoms with Gasteiger partial charge in [0.2, 0.25) is 0 Å². The van der Waals surface area contributed by atoms with Gasteiger partial charge in [0, 0.05) is 16.6 Å². The first-order valence-electron chi connectivity index (χ1n) is 6.15. The molecule has 0 atom stereocenters. The SMILES string of the molecule is Cc1ccnc(Nc2ccc3sccc3c2)c1C(N)=S. The number of thiocarbonyl (C=S) groups is 1. The van der Waals surface area contributed by atoms with E-state index in [0.717, 1.165) is 16.8 Å². The Morgan fingerprint density at radius 2 is 2.15 bits per heavy atom. The molecule has 0 spiro atoms. The average molecular weight is 299 g/mol. The van der Waals surface area contributed by atoms with Gasteiger partial charge in [-0.15, -0.1) is 11.3 Å². The number of anilines is 2. The summed E-state index contributed by atoms with van der Waals surface area (Å²) in [5.74, 6) is 0.701. The minimum atomic E-state index is 0.356. The van der Waals surface area contributed by atoms with Crippen molar-refractivity contribution in [2.24, 2.45) is 5.73 Å². The molecule has 3 aromatic rings. The third-order valence-corrected chi connectivity index (χ3v) is 4.22. The highest BCUT2D eigenvalue weighted by molar-refractivity contribution is 7.80. The number of hydrogen-bond acceptors (Lipinski definition) is 4. The zero-order valence-electron chi connectivity index (χ0n) is 10.9. The standard InChI is InChI=1S/C15H13N3S2/c1-9-4-6-17-15(13(9)14(16)19)18-11-2-3-12-10(8-11)5-7-20-12/h2-8H,1H3,(H2,16,19)(H,17,18). The maximum Gasteiger partial charge on any atom is 0.140 e. The van der Waals surface area contributed by atoms with E-state index in [1.54, 1.807) is 17.5 Å². The fourth-order valence-electron chi connectivity index (χ4n) is 2.15. The number of rotatable bonds is 3. The molecule has 0 radical (unpaired) electrons. The highest BCUT2D eigenvalue weighted by Gasteiger charge is 2.10. The predicted molar refractivity (Wildman–Crippen MR) is 90.0 cm³/mol. The molecule has 0 fully saturated rings. The van der Waals surface area contributed by atoms with Crippen molar-refractivity contribution in [2.45, 2.75) is 6.92 Å². The van der Waals surface area contributed by atoms with Gasteiger partial charge in [-0.25, -0.2) is 4.98 Å². The van der Waals surface area contributed by atoms with Gasteiger partial charge in [-0.3, -0.25) is 0 Å². The van der Waals surface area contributed by atoms with Crippen LogP contribution in [0.5, 0.6) is 0 Å². The van der Waals surface area contributed by atoms with E-state index in [9.17, 15) is 0 Å². The summed E-state index contributed by atoms with van der Waals surface area (Å²) in [6, 6.07) is 10.2. The predicted octanol–water partition coefficient (Wildman–Crippen LogP) is 3.98. The molecular weight excluding hydrogens is 286 g/mol. The van der Waals surface area contributed by atoms with Crippen molar-refractivity contribution in [3.8, 4) is 0 Å². The quantitative estimate of drug-likeness (QED) is 0.718. The third-order valence-electron chi connectivity index (χ3n) is 3.12. The summed E-state index contributed by atoms with van der Waals surface area (Å²) in [6.07, 6.45) is 1.75. The van der Waals surface area contributed by atoms with Crippen LogP contribution in [0.2, 0.25) is 0 Å². The zero-order valence-corrected chi connectivity index (χ0v) is 12.5. The first-order chi connectivity index (χ1) is 9.65. The van der Waals surface area contributed by atoms with Gasteiger partial charge in [0.25, 0.3) is 0 Å². The number of pyridine rings is 1. The molecule has 0 aliphatic heterocycles. The van der Waals surface area contributed by atoms with E-state index in [1.807, 2.05) is 19.1 Å². The molecular formula is C15H13N3S2. The summed E-state index contributed by atoms with van der Waals surface area (Å²) in [4.78, 5) is 4.70. The molecule has 0 amide bonds. The van der Waals surface area contributed by atoms with Crippen LogP contribution in [0.1, 0.15) is 11.1 Å². The number of benzene rings is 1. The molecule has 3 N–H and O–H groups in total. The summed E-state index contributed by atoms with van der Waals surface area (Å²) < 4.78 is 1.27. The lowest BCUT2D eigenvalue weighted by atomic mass is 10.1. The van der Waals surface area contributed by atoms with E-state index in [1.165, 1.54) is 10.1 Å². The van der Waals surface area contributed by atoms with Gasteiger partial charge in [0.05, 0.1) is 5.56 Å². The summed E-state index contributed by atoms with van der Waals surface area (Å²) >= 11 is 6.84. The molecule has 0 aliphatic rings. The van der Waals surface area contributed by atoms with Crippen molar-refractivity contribution >= 4 is 50.1 Å². The molecule has 3 nitrogen and oxygen atoms in total. The minimum absolute atomic E-state index is 0.356. The van der Waals surface area contributed by atoms with E-state index in [2.05, 4.69) is 33.9 Å². The van der Waals surface area contributed by atoms with E-state index in [-0.39, 0.29) is 0 Å². The molecule has 0 unspecified atom stereocenters. The second kappa shape index (κ2) is 5.19. The largest absolute Gasteiger partial charge is 0.389 e. The van der Waals surface area contributed by atoms with Crippen molar-refractivity contribution < 1.29 is 0 Å². The molecule has 5 heteroatoms. The molecule has 0 bridgehead atoms. The Kier molecular flexibility index (Phi) is 3.38. The average Bonchev–Trinajstić information content (AvgIpc) is 2.85. The van der Waals surface area contributed by atoms with Crippen molar-refractivity contribution in [1.82, 2.24) is 4.98 Å². The number of nitrogens with two attached hydrogens (primary N) is 1. The smallest absolute Gasteiger partial charge is 0.140 e. The fourth-order valence-corrected chi connectivity index (χ4v) is 3.17. The van der Waals surface area contributed by atoms with Crippen LogP contribution < -0.4 is 11.1 Å². The molecule has 2 heterocycles. The summed E-state index contributed by atoms with van der Waals surface area (Å²) in [6.45, 7) is 1.98. The van der Waals surface area contributed by atoms with Crippen molar-refractivity contribution in [1.29, 1.82) is 0 Å². The Hall–Kier alpha value is -1.98. The first-order valence-corrected chi connectivity index (χ1v) is 7.43. The second-order valence-electron chi connectivity index (χ2n) is 4.51. The Labute approximate surface area is 126 Å². The molecule has 0 saturated heterocycles. The van der Waals surface area contributed by atoms with Crippen molar-refractivity contribution in [2.75, 3.05) is 5.32 Å². The highest BCUT2D eigenvalue weighted by atomic mass is 32.1. The lowest BCUT2D eigenvalue weighted by Crippen LogP contribution is -2.14. The van der Waals surface area contributed by atoms with Crippen LogP contribution in [0.25, 0.3) is 10.1 Å². The number of hydrogen-bond donors (Lipinski definition) is 2. The van der Waals surface area contributed by atoms with Crippen LogP contribution in [0.4, 0.5) is 11.5 Å². The Morgan fingerprint density at radius 1 is 1.30 bits per heavy atom. The maximum absolute atomic E-state index is 5.80. The van der Waals surface area contributed by atoms with Crippen molar-refractivity contribution in [3.05, 3.63) is 53.0 Å². The number of nitrogens with zero attached hydrogens (tertiary/aromatic N) is 1. The molecule has 2 aromatic heterocycles. The minimum Gasteiger partial charge on any atom is -0.389 e. The summed E-state index contributed by atoms with van der Waals surface area (Å²) in [5.41, 5.74) is 8.59. The monoisotopic (exact) mass is 299 g/mol. The number of aryl methyl sites for hydroxylation is 1. The summed E-state index contributed by atoms with van der Waals surface area (Å²) in [5, 5.41) is 6.60. The highest BCUT2D eigenvalue weighted by Crippen LogP contribution is 2.27. The zero-order chi connectivity index (χ0) is 14.1. The van der Waals surface area contributed by atoms with Gasteiger partial charge in [-0.05, 0) is 53.6 Å². The number of fused-ring (bicyclic) bond motifs is 1. The number of nitrogens with one attached hydrogen (secondary N) is 1. The molecule has 20 heavy (non-hydrogen) atoms. The molecule has 3 rings (SSSR count). The fraction of sp³-hybridized carbons (Fsp3) is 0.0667. The van der Waals surface area contributed by atoms with E-state index < -0.39 is 0 Å². The lowest BCUT2D eigenvalue weighted by Gasteiger charge is -2.12. The summed E-state index contributed by atoms with van der Waals surface area (Å²) in [7, 11) is 0. The van der Waals surface area contributed by atoms with Crippen LogP contribution in [0, 0.1) is 6.92 Å². The maximum atomic E-state index is 5.80. The van der Waals surface area contributed by atoms with Gasteiger partial charge >= 0.3 is 0 Å². The Morgan fingerprint density at radius 3 is 2.95 bits per heavy atom. The lowest BCUT2D eigenvalue weighted by molar-refractivity contribution is 1.26. The van der Waals surface area contributed by atoms with Gasteiger partial charge < -0.3 is 11.1 Å². The van der Waals surface area contributed by atoms with E-state index in [0.29, 0.717) is 10.8 Å². The van der Waals surface area contributed by atoms with Crippen LogP contribution in [0.3, 0.4) is 0 Å². The molecule has 0 saturated carbocycles. The van der Waals surface area contributed by atoms with Gasteiger partial charge in [0.15, 0.2) is 0 Å². The van der Waals surface area contributed by atoms with Gasteiger partial charge in [0.1, 0.15) is 10.8 Å². The van der Waals surface area contributed by atoms with E-state index in [4.69, 9.17) is 18.0 Å². The molecule has 1 aromatic carbocycles.